The lowest BCUT2D eigenvalue weighted by Gasteiger charge is -2.23. The Balaban J connectivity index is 2.96. The number of hydrogen-bond acceptors (Lipinski definition) is 3. The maximum Gasteiger partial charge on any atom is 0.149 e. The molecule has 4 heteroatoms. The van der Waals surface area contributed by atoms with E-state index in [9.17, 15) is 4.39 Å². The van der Waals surface area contributed by atoms with Gasteiger partial charge >= 0.3 is 0 Å². The van der Waals surface area contributed by atoms with Gasteiger partial charge in [-0.3, -0.25) is 4.98 Å². The van der Waals surface area contributed by atoms with Crippen molar-refractivity contribution in [3.8, 4) is 5.75 Å². The van der Waals surface area contributed by atoms with Gasteiger partial charge in [0.05, 0.1) is 12.8 Å². The van der Waals surface area contributed by atoms with E-state index in [1.54, 1.807) is 12.3 Å². The molecule has 1 aromatic heterocycles. The zero-order chi connectivity index (χ0) is 12.0. The molecular weight excluding hydrogens is 207 g/mol. The van der Waals surface area contributed by atoms with Crippen LogP contribution in [0.4, 0.5) is 4.39 Å². The van der Waals surface area contributed by atoms with E-state index in [1.807, 2.05) is 13.8 Å². The Morgan fingerprint density at radius 1 is 1.44 bits per heavy atom. The Labute approximate surface area is 95.8 Å². The second-order valence-corrected chi connectivity index (χ2v) is 3.76. The molecule has 16 heavy (non-hydrogen) atoms. The molecule has 1 rings (SSSR count). The molecule has 90 valence electrons. The number of nitrogens with zero attached hydrogens (tertiary/aromatic N) is 1. The van der Waals surface area contributed by atoms with Crippen molar-refractivity contribution in [2.75, 3.05) is 13.2 Å². The molecule has 0 aliphatic heterocycles. The molecule has 0 fully saturated rings. The predicted molar refractivity (Wildman–Crippen MR) is 62.2 cm³/mol. The van der Waals surface area contributed by atoms with Crippen molar-refractivity contribution in [3.05, 3.63) is 24.0 Å². The third-order valence-corrected chi connectivity index (χ3v) is 2.51. The average molecular weight is 226 g/mol. The number of nitrogens with two attached hydrogens (primary N) is 1. The summed E-state index contributed by atoms with van der Waals surface area (Å²) in [4.78, 5) is 3.98. The summed E-state index contributed by atoms with van der Waals surface area (Å²) in [5.41, 5.74) is 4.52. The van der Waals surface area contributed by atoms with Gasteiger partial charge in [-0.1, -0.05) is 13.3 Å². The highest BCUT2D eigenvalue weighted by molar-refractivity contribution is 5.28. The van der Waals surface area contributed by atoms with Gasteiger partial charge < -0.3 is 10.5 Å². The molecule has 0 aliphatic rings. The summed E-state index contributed by atoms with van der Waals surface area (Å²) < 4.78 is 19.7. The van der Waals surface area contributed by atoms with Crippen LogP contribution in [0.15, 0.2) is 18.5 Å². The van der Waals surface area contributed by atoms with E-state index in [0.29, 0.717) is 24.3 Å². The number of halogens is 1. The van der Waals surface area contributed by atoms with Crippen LogP contribution in [-0.2, 0) is 5.67 Å². The van der Waals surface area contributed by atoms with Gasteiger partial charge in [-0.15, -0.1) is 0 Å². The fourth-order valence-electron chi connectivity index (χ4n) is 1.67. The topological polar surface area (TPSA) is 48.1 Å². The number of rotatable bonds is 6. The lowest BCUT2D eigenvalue weighted by molar-refractivity contribution is 0.158. The fraction of sp³-hybridized carbons (Fsp3) is 0.583. The highest BCUT2D eigenvalue weighted by atomic mass is 19.1. The van der Waals surface area contributed by atoms with E-state index < -0.39 is 5.67 Å². The number of alkyl halides is 1. The smallest absolute Gasteiger partial charge is 0.149 e. The quantitative estimate of drug-likeness (QED) is 0.810. The van der Waals surface area contributed by atoms with Crippen LogP contribution < -0.4 is 10.5 Å². The van der Waals surface area contributed by atoms with Crippen LogP contribution in [0.3, 0.4) is 0 Å². The predicted octanol–water partition coefficient (Wildman–Crippen LogP) is 2.40. The zero-order valence-corrected chi connectivity index (χ0v) is 9.87. The summed E-state index contributed by atoms with van der Waals surface area (Å²) in [6.07, 6.45) is 4.24. The summed E-state index contributed by atoms with van der Waals surface area (Å²) in [5.74, 6) is 0.589. The van der Waals surface area contributed by atoms with Crippen molar-refractivity contribution < 1.29 is 9.13 Å². The van der Waals surface area contributed by atoms with Crippen molar-refractivity contribution >= 4 is 0 Å². The largest absolute Gasteiger partial charge is 0.492 e. The van der Waals surface area contributed by atoms with E-state index in [1.165, 1.54) is 6.20 Å². The maximum absolute atomic E-state index is 14.5. The fourth-order valence-corrected chi connectivity index (χ4v) is 1.67. The normalized spacial score (nSPS) is 14.5. The monoisotopic (exact) mass is 226 g/mol. The van der Waals surface area contributed by atoms with Crippen LogP contribution >= 0.6 is 0 Å². The standard InChI is InChI=1S/C12H19FN2O/c1-3-5-12(13,9-14)10-6-11(16-4-2)8-15-7-10/h6-8H,3-5,9,14H2,1-2H3. The molecule has 0 amide bonds. The summed E-state index contributed by atoms with van der Waals surface area (Å²) in [5, 5.41) is 0. The van der Waals surface area contributed by atoms with Crippen LogP contribution in [0.2, 0.25) is 0 Å². The van der Waals surface area contributed by atoms with Crippen LogP contribution in [-0.4, -0.2) is 18.1 Å². The van der Waals surface area contributed by atoms with Gasteiger partial charge in [0.2, 0.25) is 0 Å². The van der Waals surface area contributed by atoms with Gasteiger partial charge in [-0.05, 0) is 19.4 Å². The van der Waals surface area contributed by atoms with Gasteiger partial charge in [-0.2, -0.15) is 0 Å². The lowest BCUT2D eigenvalue weighted by Crippen LogP contribution is -2.30. The Hall–Kier alpha value is -1.16. The SMILES string of the molecule is CCCC(F)(CN)c1cncc(OCC)c1. The van der Waals surface area contributed by atoms with Gasteiger partial charge in [0.1, 0.15) is 11.4 Å². The molecule has 0 saturated carbocycles. The number of aromatic nitrogens is 1. The minimum absolute atomic E-state index is 0.0297. The van der Waals surface area contributed by atoms with E-state index in [0.717, 1.165) is 6.42 Å². The summed E-state index contributed by atoms with van der Waals surface area (Å²) in [7, 11) is 0. The van der Waals surface area contributed by atoms with Crippen molar-refractivity contribution in [1.29, 1.82) is 0 Å². The highest BCUT2D eigenvalue weighted by Gasteiger charge is 2.30. The van der Waals surface area contributed by atoms with Crippen LogP contribution in [0.5, 0.6) is 5.75 Å². The second-order valence-electron chi connectivity index (χ2n) is 3.76. The molecule has 3 nitrogen and oxygen atoms in total. The van der Waals surface area contributed by atoms with Crippen molar-refractivity contribution in [2.24, 2.45) is 5.73 Å². The average Bonchev–Trinajstić information content (AvgIpc) is 2.30. The molecule has 0 radical (unpaired) electrons. The molecular formula is C12H19FN2O. The first-order valence-electron chi connectivity index (χ1n) is 5.63. The van der Waals surface area contributed by atoms with E-state index in [-0.39, 0.29) is 6.54 Å². The van der Waals surface area contributed by atoms with Crippen molar-refractivity contribution in [3.63, 3.8) is 0 Å². The van der Waals surface area contributed by atoms with E-state index >= 15 is 0 Å². The molecule has 0 bridgehead atoms. The molecule has 1 atom stereocenters. The Morgan fingerprint density at radius 2 is 2.19 bits per heavy atom. The van der Waals surface area contributed by atoms with Crippen LogP contribution in [0, 0.1) is 0 Å². The maximum atomic E-state index is 14.5. The van der Waals surface area contributed by atoms with Crippen LogP contribution in [0.1, 0.15) is 32.3 Å². The molecule has 1 unspecified atom stereocenters. The van der Waals surface area contributed by atoms with Gasteiger partial charge in [-0.25, -0.2) is 4.39 Å². The zero-order valence-electron chi connectivity index (χ0n) is 9.87. The number of pyridine rings is 1. The Kier molecular flexibility index (Phi) is 4.68. The minimum atomic E-state index is -1.49. The van der Waals surface area contributed by atoms with E-state index in [4.69, 9.17) is 10.5 Å². The highest BCUT2D eigenvalue weighted by Crippen LogP contribution is 2.31. The molecule has 0 spiro atoms. The Morgan fingerprint density at radius 3 is 2.75 bits per heavy atom. The van der Waals surface area contributed by atoms with Crippen LogP contribution in [0.25, 0.3) is 0 Å². The van der Waals surface area contributed by atoms with Gasteiger partial charge in [0, 0.05) is 18.3 Å². The third-order valence-electron chi connectivity index (χ3n) is 2.51. The second kappa shape index (κ2) is 5.80. The first-order valence-corrected chi connectivity index (χ1v) is 5.63. The minimum Gasteiger partial charge on any atom is -0.492 e. The molecule has 1 heterocycles. The number of ether oxygens (including phenoxy) is 1. The van der Waals surface area contributed by atoms with Gasteiger partial charge in [0.15, 0.2) is 0 Å². The molecule has 0 aromatic carbocycles. The summed E-state index contributed by atoms with van der Waals surface area (Å²) in [6, 6.07) is 1.68. The van der Waals surface area contributed by atoms with Crippen molar-refractivity contribution in [2.45, 2.75) is 32.4 Å². The van der Waals surface area contributed by atoms with Crippen molar-refractivity contribution in [1.82, 2.24) is 4.98 Å². The van der Waals surface area contributed by atoms with E-state index in [2.05, 4.69) is 4.98 Å². The Bertz CT molecular complexity index is 333. The molecule has 0 aliphatic carbocycles. The third kappa shape index (κ3) is 2.92. The summed E-state index contributed by atoms with van der Waals surface area (Å²) in [6.45, 7) is 4.33. The lowest BCUT2D eigenvalue weighted by atomic mass is 9.92. The first kappa shape index (κ1) is 12.9. The molecule has 1 aromatic rings. The summed E-state index contributed by atoms with van der Waals surface area (Å²) >= 11 is 0. The molecule has 0 saturated heterocycles. The van der Waals surface area contributed by atoms with Gasteiger partial charge in [0.25, 0.3) is 0 Å². The molecule has 2 N–H and O–H groups in total. The first-order chi connectivity index (χ1) is 7.66. The number of hydrogen-bond donors (Lipinski definition) is 1.